The molecule has 0 spiro atoms. The van der Waals surface area contributed by atoms with E-state index in [1.807, 2.05) is 0 Å². The first-order valence-corrected chi connectivity index (χ1v) is 12.4. The Balaban J connectivity index is 1.50. The lowest BCUT2D eigenvalue weighted by Crippen LogP contribution is -2.50. The molecule has 1 heteroatoms. The second kappa shape index (κ2) is 7.70. The normalized spacial score (nSPS) is 43.9. The molecule has 1 unspecified atom stereocenters. The minimum Gasteiger partial charge on any atom is -0.393 e. The van der Waals surface area contributed by atoms with Crippen LogP contribution >= 0.6 is 0 Å². The molecular weight excluding hydrogens is 352 g/mol. The highest BCUT2D eigenvalue weighted by molar-refractivity contribution is 5.26. The van der Waals surface area contributed by atoms with Crippen molar-refractivity contribution < 1.29 is 5.11 Å². The maximum atomic E-state index is 10.2. The molecule has 4 aliphatic rings. The van der Waals surface area contributed by atoms with Crippen LogP contribution in [0.15, 0.2) is 36.0 Å². The zero-order valence-corrected chi connectivity index (χ0v) is 19.5. The molecular formula is C28H44O. The molecule has 1 N–H and O–H groups in total. The molecule has 0 aromatic rings. The van der Waals surface area contributed by atoms with Gasteiger partial charge in [-0.3, -0.25) is 0 Å². The first kappa shape index (κ1) is 21.4. The second-order valence-corrected chi connectivity index (χ2v) is 11.8. The van der Waals surface area contributed by atoms with E-state index < -0.39 is 0 Å². The van der Waals surface area contributed by atoms with Gasteiger partial charge in [-0.1, -0.05) is 63.6 Å². The second-order valence-electron chi connectivity index (χ2n) is 11.8. The average Bonchev–Trinajstić information content (AvgIpc) is 3.03. The molecule has 1 nitrogen and oxygen atoms in total. The van der Waals surface area contributed by atoms with Crippen molar-refractivity contribution >= 4 is 0 Å². The van der Waals surface area contributed by atoms with Crippen LogP contribution in [-0.4, -0.2) is 11.2 Å². The van der Waals surface area contributed by atoms with Crippen molar-refractivity contribution in [1.82, 2.24) is 0 Å². The van der Waals surface area contributed by atoms with Gasteiger partial charge in [-0.25, -0.2) is 0 Å². The minimum atomic E-state index is -0.0977. The number of hydrogen-bond acceptors (Lipinski definition) is 1. The third-order valence-corrected chi connectivity index (χ3v) is 10.2. The number of aliphatic hydroxyl groups is 1. The van der Waals surface area contributed by atoms with Gasteiger partial charge in [-0.05, 0) is 105 Å². The largest absolute Gasteiger partial charge is 0.393 e. The Hall–Kier alpha value is -0.820. The highest BCUT2D eigenvalue weighted by atomic mass is 16.3. The summed E-state index contributed by atoms with van der Waals surface area (Å²) in [5, 5.41) is 10.2. The first-order valence-electron chi connectivity index (χ1n) is 12.4. The third kappa shape index (κ3) is 3.50. The van der Waals surface area contributed by atoms with Gasteiger partial charge in [0.25, 0.3) is 0 Å². The molecule has 4 rings (SSSR count). The van der Waals surface area contributed by atoms with Gasteiger partial charge in [0.2, 0.25) is 0 Å². The van der Waals surface area contributed by atoms with Crippen LogP contribution < -0.4 is 0 Å². The van der Waals surface area contributed by atoms with E-state index in [2.05, 4.69) is 46.9 Å². The van der Waals surface area contributed by atoms with Crippen molar-refractivity contribution in [3.05, 3.63) is 36.0 Å². The van der Waals surface area contributed by atoms with Crippen molar-refractivity contribution in [2.45, 2.75) is 98.0 Å². The molecule has 0 saturated heterocycles. The SMILES string of the molecule is C=C(CCC(=C)[C@H]1CC[C@H]2[C@@H]3CC=C4CC(O)CC[C@]4(C)[C@H]3CC[C@]12C)C(C)C. The summed E-state index contributed by atoms with van der Waals surface area (Å²) in [6, 6.07) is 0. The lowest BCUT2D eigenvalue weighted by Gasteiger charge is -2.58. The molecule has 7 atom stereocenters. The average molecular weight is 397 g/mol. The van der Waals surface area contributed by atoms with Crippen molar-refractivity contribution in [2.75, 3.05) is 0 Å². The number of hydrogen-bond donors (Lipinski definition) is 1. The molecule has 3 fully saturated rings. The fourth-order valence-corrected chi connectivity index (χ4v) is 8.10. The molecule has 0 bridgehead atoms. The standard InChI is InChI=1S/C28H44O/c1-18(2)19(3)7-8-20(4)24-11-12-25-23-10-9-21-17-22(29)13-15-27(21,5)26(23)14-16-28(24,25)6/h9,18,22-26,29H,3-4,7-8,10-17H2,1-2,5-6H3/t22?,23-,24+,25-,26-,27-,28+/m0/s1. The van der Waals surface area contributed by atoms with Crippen LogP contribution in [0.25, 0.3) is 0 Å². The van der Waals surface area contributed by atoms with Crippen LogP contribution in [0.4, 0.5) is 0 Å². The van der Waals surface area contributed by atoms with E-state index >= 15 is 0 Å². The maximum absolute atomic E-state index is 10.2. The molecule has 3 saturated carbocycles. The van der Waals surface area contributed by atoms with Crippen molar-refractivity contribution in [2.24, 2.45) is 40.4 Å². The van der Waals surface area contributed by atoms with Crippen LogP contribution in [0.5, 0.6) is 0 Å². The molecule has 0 aromatic carbocycles. The summed E-state index contributed by atoms with van der Waals surface area (Å²) in [6.45, 7) is 18.6. The monoisotopic (exact) mass is 396 g/mol. The van der Waals surface area contributed by atoms with Crippen molar-refractivity contribution in [3.63, 3.8) is 0 Å². The summed E-state index contributed by atoms with van der Waals surface area (Å²) in [5.41, 5.74) is 5.29. The van der Waals surface area contributed by atoms with Crippen LogP contribution in [0.1, 0.15) is 91.9 Å². The Bertz CT molecular complexity index is 699. The van der Waals surface area contributed by atoms with E-state index in [4.69, 9.17) is 0 Å². The Morgan fingerprint density at radius 1 is 1.07 bits per heavy atom. The predicted octanol–water partition coefficient (Wildman–Crippen LogP) is 7.47. The molecule has 0 heterocycles. The van der Waals surface area contributed by atoms with Gasteiger partial charge in [-0.15, -0.1) is 0 Å². The van der Waals surface area contributed by atoms with Gasteiger partial charge in [0, 0.05) is 0 Å². The van der Waals surface area contributed by atoms with Crippen molar-refractivity contribution in [3.8, 4) is 0 Å². The fourth-order valence-electron chi connectivity index (χ4n) is 8.10. The smallest absolute Gasteiger partial charge is 0.0577 e. The van der Waals surface area contributed by atoms with Crippen LogP contribution in [0.2, 0.25) is 0 Å². The summed E-state index contributed by atoms with van der Waals surface area (Å²) >= 11 is 0. The van der Waals surface area contributed by atoms with E-state index in [0.717, 1.165) is 43.4 Å². The van der Waals surface area contributed by atoms with Gasteiger partial charge in [0.15, 0.2) is 0 Å². The first-order chi connectivity index (χ1) is 13.7. The number of allylic oxidation sites excluding steroid dienone is 3. The van der Waals surface area contributed by atoms with Crippen molar-refractivity contribution in [1.29, 1.82) is 0 Å². The highest BCUT2D eigenvalue weighted by Crippen LogP contribution is 2.67. The van der Waals surface area contributed by atoms with Gasteiger partial charge in [0.1, 0.15) is 0 Å². The van der Waals surface area contributed by atoms with E-state index in [0.29, 0.717) is 22.7 Å². The predicted molar refractivity (Wildman–Crippen MR) is 124 cm³/mol. The Morgan fingerprint density at radius 2 is 1.83 bits per heavy atom. The lowest BCUT2D eigenvalue weighted by molar-refractivity contribution is -0.0456. The number of rotatable bonds is 5. The Labute approximate surface area is 179 Å². The molecule has 0 aromatic heterocycles. The lowest BCUT2D eigenvalue weighted by atomic mass is 9.47. The van der Waals surface area contributed by atoms with Crippen LogP contribution in [0.3, 0.4) is 0 Å². The minimum absolute atomic E-state index is 0.0977. The summed E-state index contributed by atoms with van der Waals surface area (Å²) < 4.78 is 0. The molecule has 0 radical (unpaired) electrons. The Morgan fingerprint density at radius 3 is 2.55 bits per heavy atom. The molecule has 29 heavy (non-hydrogen) atoms. The maximum Gasteiger partial charge on any atom is 0.0577 e. The molecule has 162 valence electrons. The van der Waals surface area contributed by atoms with E-state index in [1.165, 1.54) is 49.7 Å². The Kier molecular flexibility index (Phi) is 5.69. The molecule has 4 aliphatic carbocycles. The fraction of sp³-hybridized carbons (Fsp3) is 0.786. The van der Waals surface area contributed by atoms with E-state index in [-0.39, 0.29) is 6.10 Å². The summed E-state index contributed by atoms with van der Waals surface area (Å²) in [4.78, 5) is 0. The van der Waals surface area contributed by atoms with Gasteiger partial charge in [-0.2, -0.15) is 0 Å². The molecule has 0 amide bonds. The van der Waals surface area contributed by atoms with E-state index in [1.54, 1.807) is 5.57 Å². The number of aliphatic hydroxyl groups excluding tert-OH is 1. The summed E-state index contributed by atoms with van der Waals surface area (Å²) in [6.07, 6.45) is 14.6. The number of fused-ring (bicyclic) bond motifs is 5. The van der Waals surface area contributed by atoms with Crippen LogP contribution in [-0.2, 0) is 0 Å². The summed E-state index contributed by atoms with van der Waals surface area (Å²) in [5.74, 6) is 3.84. The molecule has 0 aliphatic heterocycles. The topological polar surface area (TPSA) is 20.2 Å². The summed E-state index contributed by atoms with van der Waals surface area (Å²) in [7, 11) is 0. The zero-order chi connectivity index (χ0) is 21.0. The van der Waals surface area contributed by atoms with Gasteiger partial charge < -0.3 is 5.11 Å². The highest BCUT2D eigenvalue weighted by Gasteiger charge is 2.58. The third-order valence-electron chi connectivity index (χ3n) is 10.2. The van der Waals surface area contributed by atoms with Gasteiger partial charge >= 0.3 is 0 Å². The quantitative estimate of drug-likeness (QED) is 0.478. The van der Waals surface area contributed by atoms with Gasteiger partial charge in [0.05, 0.1) is 6.10 Å². The van der Waals surface area contributed by atoms with E-state index in [9.17, 15) is 5.11 Å². The zero-order valence-electron chi connectivity index (χ0n) is 19.5. The van der Waals surface area contributed by atoms with Crippen LogP contribution in [0, 0.1) is 40.4 Å².